The number of carbonyl (C=O) groups excluding carboxylic acids is 1. The van der Waals surface area contributed by atoms with Gasteiger partial charge in [0, 0.05) is 24.1 Å². The Morgan fingerprint density at radius 3 is 2.58 bits per heavy atom. The van der Waals surface area contributed by atoms with Crippen LogP contribution in [0.3, 0.4) is 0 Å². The van der Waals surface area contributed by atoms with Gasteiger partial charge >= 0.3 is 0 Å². The Hall–Kier alpha value is -1.81. The molecule has 104 valence electrons. The van der Waals surface area contributed by atoms with Crippen molar-refractivity contribution in [2.45, 2.75) is 13.8 Å². The van der Waals surface area contributed by atoms with Gasteiger partial charge in [-0.3, -0.25) is 4.79 Å². The topological polar surface area (TPSA) is 58.6 Å². The lowest BCUT2D eigenvalue weighted by atomic mass is 9.95. The third kappa shape index (κ3) is 5.14. The number of hydrogen-bond donors (Lipinski definition) is 2. The molecule has 0 unspecified atom stereocenters. The maximum Gasteiger partial charge on any atom is 0.251 e. The van der Waals surface area contributed by atoms with Crippen LogP contribution in [0.25, 0.3) is 0 Å². The van der Waals surface area contributed by atoms with Crippen molar-refractivity contribution in [2.24, 2.45) is 5.41 Å². The summed E-state index contributed by atoms with van der Waals surface area (Å²) in [4.78, 5) is 11.9. The summed E-state index contributed by atoms with van der Waals surface area (Å²) >= 11 is 0. The summed E-state index contributed by atoms with van der Waals surface area (Å²) in [5.74, 6) is 0.545. The van der Waals surface area contributed by atoms with Gasteiger partial charge in [-0.1, -0.05) is 26.5 Å². The molecule has 4 nitrogen and oxygen atoms in total. The SMILES string of the molecule is C=CCOc1ccc(C(=O)NCC(C)(C)CO)cc1. The predicted molar refractivity (Wildman–Crippen MR) is 75.3 cm³/mol. The fraction of sp³-hybridized carbons (Fsp3) is 0.400. The molecule has 19 heavy (non-hydrogen) atoms. The molecule has 1 aromatic rings. The first-order valence-corrected chi connectivity index (χ1v) is 6.21. The number of aliphatic hydroxyl groups excluding tert-OH is 1. The first kappa shape index (κ1) is 15.2. The molecule has 1 aromatic carbocycles. The summed E-state index contributed by atoms with van der Waals surface area (Å²) in [6.45, 7) is 8.24. The van der Waals surface area contributed by atoms with Crippen molar-refractivity contribution in [2.75, 3.05) is 19.8 Å². The van der Waals surface area contributed by atoms with Crippen LogP contribution in [0.5, 0.6) is 5.75 Å². The zero-order valence-corrected chi connectivity index (χ0v) is 11.5. The number of benzene rings is 1. The molecule has 0 spiro atoms. The van der Waals surface area contributed by atoms with Crippen molar-refractivity contribution in [1.29, 1.82) is 0 Å². The molecule has 2 N–H and O–H groups in total. The maximum absolute atomic E-state index is 11.9. The van der Waals surface area contributed by atoms with E-state index in [-0.39, 0.29) is 17.9 Å². The average molecular weight is 263 g/mol. The first-order valence-electron chi connectivity index (χ1n) is 6.21. The molecule has 0 fully saturated rings. The molecule has 0 saturated heterocycles. The lowest BCUT2D eigenvalue weighted by Crippen LogP contribution is -2.36. The van der Waals surface area contributed by atoms with Crippen molar-refractivity contribution in [3.05, 3.63) is 42.5 Å². The van der Waals surface area contributed by atoms with Gasteiger partial charge in [0.05, 0.1) is 0 Å². The summed E-state index contributed by atoms with van der Waals surface area (Å²) in [7, 11) is 0. The van der Waals surface area contributed by atoms with E-state index in [1.54, 1.807) is 30.3 Å². The quantitative estimate of drug-likeness (QED) is 0.740. The molecule has 0 aromatic heterocycles. The van der Waals surface area contributed by atoms with E-state index in [1.165, 1.54) is 0 Å². The highest BCUT2D eigenvalue weighted by Gasteiger charge is 2.17. The summed E-state index contributed by atoms with van der Waals surface area (Å²) in [6, 6.07) is 6.91. The first-order chi connectivity index (χ1) is 8.98. The minimum absolute atomic E-state index is 0.0294. The maximum atomic E-state index is 11.9. The van der Waals surface area contributed by atoms with E-state index < -0.39 is 0 Å². The number of amides is 1. The molecule has 0 radical (unpaired) electrons. The highest BCUT2D eigenvalue weighted by atomic mass is 16.5. The zero-order valence-electron chi connectivity index (χ0n) is 11.5. The van der Waals surface area contributed by atoms with Gasteiger partial charge in [-0.05, 0) is 24.3 Å². The molecular weight excluding hydrogens is 242 g/mol. The molecular formula is C15H21NO3. The summed E-state index contributed by atoms with van der Waals surface area (Å²) in [5.41, 5.74) is 0.252. The average Bonchev–Trinajstić information content (AvgIpc) is 2.43. The second-order valence-corrected chi connectivity index (χ2v) is 5.13. The Bertz CT molecular complexity index is 424. The molecule has 0 aliphatic carbocycles. The van der Waals surface area contributed by atoms with Crippen molar-refractivity contribution in [3.63, 3.8) is 0 Å². The van der Waals surface area contributed by atoms with Crippen LogP contribution in [0.15, 0.2) is 36.9 Å². The van der Waals surface area contributed by atoms with Crippen molar-refractivity contribution >= 4 is 5.91 Å². The predicted octanol–water partition coefficient (Wildman–Crippen LogP) is 2.00. The van der Waals surface area contributed by atoms with Crippen LogP contribution in [0.2, 0.25) is 0 Å². The number of aliphatic hydroxyl groups is 1. The monoisotopic (exact) mass is 263 g/mol. The van der Waals surface area contributed by atoms with Crippen LogP contribution in [0.4, 0.5) is 0 Å². The number of rotatable bonds is 7. The van der Waals surface area contributed by atoms with E-state index in [9.17, 15) is 4.79 Å². The van der Waals surface area contributed by atoms with Gasteiger partial charge in [0.2, 0.25) is 0 Å². The summed E-state index contributed by atoms with van der Waals surface area (Å²) in [6.07, 6.45) is 1.66. The molecule has 4 heteroatoms. The Morgan fingerprint density at radius 2 is 2.05 bits per heavy atom. The Kier molecular flexibility index (Phi) is 5.57. The summed E-state index contributed by atoms with van der Waals surface area (Å²) < 4.78 is 5.34. The minimum atomic E-state index is -0.317. The van der Waals surface area contributed by atoms with Gasteiger partial charge in [-0.2, -0.15) is 0 Å². The van der Waals surface area contributed by atoms with E-state index in [2.05, 4.69) is 11.9 Å². The molecule has 1 amide bonds. The fourth-order valence-corrected chi connectivity index (χ4v) is 1.34. The van der Waals surface area contributed by atoms with Crippen LogP contribution < -0.4 is 10.1 Å². The minimum Gasteiger partial charge on any atom is -0.490 e. The number of nitrogens with one attached hydrogen (secondary N) is 1. The number of ether oxygens (including phenoxy) is 1. The van der Waals surface area contributed by atoms with Crippen LogP contribution in [0.1, 0.15) is 24.2 Å². The molecule has 0 bridgehead atoms. The molecule has 1 rings (SSSR count). The second kappa shape index (κ2) is 6.95. The zero-order chi connectivity index (χ0) is 14.3. The molecule has 0 saturated carbocycles. The highest BCUT2D eigenvalue weighted by molar-refractivity contribution is 5.94. The lowest BCUT2D eigenvalue weighted by Gasteiger charge is -2.21. The fourth-order valence-electron chi connectivity index (χ4n) is 1.34. The molecule has 0 heterocycles. The van der Waals surface area contributed by atoms with E-state index in [4.69, 9.17) is 9.84 Å². The Morgan fingerprint density at radius 1 is 1.42 bits per heavy atom. The van der Waals surface area contributed by atoms with Gasteiger partial charge in [-0.15, -0.1) is 0 Å². The smallest absolute Gasteiger partial charge is 0.251 e. The van der Waals surface area contributed by atoms with Crippen molar-refractivity contribution < 1.29 is 14.6 Å². The number of carbonyl (C=O) groups is 1. The van der Waals surface area contributed by atoms with Crippen molar-refractivity contribution in [1.82, 2.24) is 5.32 Å². The normalized spacial score (nSPS) is 10.9. The summed E-state index contributed by atoms with van der Waals surface area (Å²) in [5, 5.41) is 11.9. The molecule has 0 aliphatic heterocycles. The van der Waals surface area contributed by atoms with Gasteiger partial charge < -0.3 is 15.2 Å². The second-order valence-electron chi connectivity index (χ2n) is 5.13. The van der Waals surface area contributed by atoms with Gasteiger partial charge in [0.15, 0.2) is 0 Å². The third-order valence-corrected chi connectivity index (χ3v) is 2.64. The molecule has 0 atom stereocenters. The van der Waals surface area contributed by atoms with Crippen LogP contribution >= 0.6 is 0 Å². The van der Waals surface area contributed by atoms with Crippen LogP contribution in [-0.4, -0.2) is 30.8 Å². The van der Waals surface area contributed by atoms with E-state index >= 15 is 0 Å². The standard InChI is InChI=1S/C15H21NO3/c1-4-9-19-13-7-5-12(6-8-13)14(18)16-10-15(2,3)11-17/h4-8,17H,1,9-11H2,2-3H3,(H,16,18). The van der Waals surface area contributed by atoms with Gasteiger partial charge in [0.1, 0.15) is 12.4 Å². The van der Waals surface area contributed by atoms with Crippen LogP contribution in [-0.2, 0) is 0 Å². The largest absolute Gasteiger partial charge is 0.490 e. The highest BCUT2D eigenvalue weighted by Crippen LogP contribution is 2.14. The lowest BCUT2D eigenvalue weighted by molar-refractivity contribution is 0.0911. The van der Waals surface area contributed by atoms with Gasteiger partial charge in [0.25, 0.3) is 5.91 Å². The van der Waals surface area contributed by atoms with E-state index in [0.29, 0.717) is 24.5 Å². The van der Waals surface area contributed by atoms with E-state index in [1.807, 2.05) is 13.8 Å². The van der Waals surface area contributed by atoms with Gasteiger partial charge in [-0.25, -0.2) is 0 Å². The number of hydrogen-bond acceptors (Lipinski definition) is 3. The molecule has 0 aliphatic rings. The van der Waals surface area contributed by atoms with Crippen molar-refractivity contribution in [3.8, 4) is 5.75 Å². The Balaban J connectivity index is 2.55. The third-order valence-electron chi connectivity index (χ3n) is 2.64. The Labute approximate surface area is 114 Å². The van der Waals surface area contributed by atoms with E-state index in [0.717, 1.165) is 0 Å². The van der Waals surface area contributed by atoms with Crippen LogP contribution in [0, 0.1) is 5.41 Å².